The van der Waals surface area contributed by atoms with Crippen LogP contribution in [0.25, 0.3) is 22.5 Å². The van der Waals surface area contributed by atoms with Crippen LogP contribution in [0, 0.1) is 5.82 Å². The maximum absolute atomic E-state index is 13.4. The lowest BCUT2D eigenvalue weighted by Gasteiger charge is -2.19. The van der Waals surface area contributed by atoms with Gasteiger partial charge in [0.2, 0.25) is 11.8 Å². The molecule has 0 radical (unpaired) electrons. The third kappa shape index (κ3) is 3.55. The molecule has 0 fully saturated rings. The van der Waals surface area contributed by atoms with E-state index < -0.39 is 0 Å². The summed E-state index contributed by atoms with van der Waals surface area (Å²) in [7, 11) is 0. The maximum atomic E-state index is 13.4. The van der Waals surface area contributed by atoms with Crippen molar-refractivity contribution in [3.05, 3.63) is 72.9 Å². The number of hydrogen-bond donors (Lipinski definition) is 1. The Hall–Kier alpha value is -4.07. The number of amides is 1. The predicted molar refractivity (Wildman–Crippen MR) is 107 cm³/mol. The quantitative estimate of drug-likeness (QED) is 0.525. The first-order chi connectivity index (χ1) is 14.0. The number of benzene rings is 2. The number of nitrogens with zero attached hydrogens (tertiary/aromatic N) is 4. The Kier molecular flexibility index (Phi) is 4.74. The Balaban J connectivity index is 1.95. The van der Waals surface area contributed by atoms with Gasteiger partial charge in [-0.25, -0.2) is 19.3 Å². The molecule has 7 nitrogen and oxygen atoms in total. The summed E-state index contributed by atoms with van der Waals surface area (Å²) < 4.78 is 19.0. The molecule has 0 atom stereocenters. The second-order valence-electron chi connectivity index (χ2n) is 6.26. The van der Waals surface area contributed by atoms with Crippen LogP contribution in [-0.4, -0.2) is 21.0 Å². The van der Waals surface area contributed by atoms with Crippen LogP contribution >= 0.6 is 0 Å². The summed E-state index contributed by atoms with van der Waals surface area (Å²) in [6.45, 7) is 1.41. The minimum atomic E-state index is -0.369. The molecule has 0 bridgehead atoms. The van der Waals surface area contributed by atoms with Crippen LogP contribution in [0.4, 0.5) is 21.6 Å². The van der Waals surface area contributed by atoms with Crippen LogP contribution in [0.3, 0.4) is 0 Å². The summed E-state index contributed by atoms with van der Waals surface area (Å²) in [6.07, 6.45) is 2.96. The molecule has 2 aromatic heterocycles. The summed E-state index contributed by atoms with van der Waals surface area (Å²) in [4.78, 5) is 22.1. The Bertz CT molecular complexity index is 1160. The van der Waals surface area contributed by atoms with Crippen molar-refractivity contribution in [2.75, 3.05) is 10.6 Å². The van der Waals surface area contributed by atoms with Crippen molar-refractivity contribution in [2.24, 2.45) is 0 Å². The van der Waals surface area contributed by atoms with Crippen LogP contribution in [-0.2, 0) is 4.79 Å². The summed E-state index contributed by atoms with van der Waals surface area (Å²) in [5.74, 6) is -0.486. The van der Waals surface area contributed by atoms with Gasteiger partial charge in [0, 0.05) is 24.4 Å². The fourth-order valence-corrected chi connectivity index (χ4v) is 3.01. The number of anilines is 3. The van der Waals surface area contributed by atoms with E-state index in [1.165, 1.54) is 30.3 Å². The number of nitrogen functional groups attached to an aromatic ring is 1. The number of rotatable bonds is 4. The zero-order chi connectivity index (χ0) is 20.4. The topological polar surface area (TPSA) is 98.1 Å². The molecular formula is C21H16FN5O2. The van der Waals surface area contributed by atoms with Crippen molar-refractivity contribution in [3.63, 3.8) is 0 Å². The van der Waals surface area contributed by atoms with E-state index in [4.69, 9.17) is 10.3 Å². The largest absolute Gasteiger partial charge is 0.399 e. The van der Waals surface area contributed by atoms with Gasteiger partial charge in [0.05, 0.1) is 16.9 Å². The first kappa shape index (κ1) is 18.3. The van der Waals surface area contributed by atoms with Gasteiger partial charge >= 0.3 is 0 Å². The van der Waals surface area contributed by atoms with Gasteiger partial charge in [-0.05, 0) is 48.5 Å². The van der Waals surface area contributed by atoms with Crippen molar-refractivity contribution in [3.8, 4) is 22.5 Å². The number of carbonyl (C=O) groups excluding carboxylic acids is 1. The summed E-state index contributed by atoms with van der Waals surface area (Å²) in [6, 6.07) is 14.4. The van der Waals surface area contributed by atoms with E-state index in [-0.39, 0.29) is 17.6 Å². The second-order valence-corrected chi connectivity index (χ2v) is 6.26. The molecule has 1 amide bonds. The van der Waals surface area contributed by atoms with Crippen LogP contribution in [0.15, 0.2) is 71.6 Å². The van der Waals surface area contributed by atoms with Gasteiger partial charge in [-0.15, -0.1) is 0 Å². The molecule has 2 N–H and O–H groups in total. The zero-order valence-corrected chi connectivity index (χ0v) is 15.4. The van der Waals surface area contributed by atoms with Crippen LogP contribution in [0.2, 0.25) is 0 Å². The SMILES string of the molecule is CC(=O)N(c1cccc(N)c1)c1onc(-c2ccc(F)cc2)c1-c1ccncn1. The molecule has 0 aliphatic heterocycles. The van der Waals surface area contributed by atoms with Crippen LogP contribution in [0.5, 0.6) is 0 Å². The maximum Gasteiger partial charge on any atom is 0.248 e. The number of carbonyl (C=O) groups is 1. The molecule has 4 rings (SSSR count). The van der Waals surface area contributed by atoms with Crippen molar-refractivity contribution >= 4 is 23.2 Å². The number of halogens is 1. The van der Waals surface area contributed by atoms with E-state index >= 15 is 0 Å². The van der Waals surface area contributed by atoms with E-state index in [1.54, 1.807) is 48.7 Å². The van der Waals surface area contributed by atoms with E-state index in [9.17, 15) is 9.18 Å². The Labute approximate surface area is 165 Å². The summed E-state index contributed by atoms with van der Waals surface area (Å²) >= 11 is 0. The van der Waals surface area contributed by atoms with Crippen molar-refractivity contribution in [1.29, 1.82) is 0 Å². The average Bonchev–Trinajstić information content (AvgIpc) is 3.13. The molecule has 0 saturated carbocycles. The minimum Gasteiger partial charge on any atom is -0.399 e. The first-order valence-corrected chi connectivity index (χ1v) is 8.73. The standard InChI is InChI=1S/C21H16FN5O2/c1-13(28)27(17-4-2-3-16(23)11-17)21-19(18-9-10-24-12-25-18)20(26-29-21)14-5-7-15(22)8-6-14/h2-12H,23H2,1H3. The number of hydrogen-bond acceptors (Lipinski definition) is 6. The third-order valence-electron chi connectivity index (χ3n) is 4.28. The highest BCUT2D eigenvalue weighted by Crippen LogP contribution is 2.41. The smallest absolute Gasteiger partial charge is 0.248 e. The highest BCUT2D eigenvalue weighted by atomic mass is 19.1. The molecule has 0 saturated heterocycles. The monoisotopic (exact) mass is 389 g/mol. The lowest BCUT2D eigenvalue weighted by Crippen LogP contribution is -2.23. The lowest BCUT2D eigenvalue weighted by molar-refractivity contribution is -0.116. The predicted octanol–water partition coefficient (Wildman–Crippen LogP) is 4.20. The molecular weight excluding hydrogens is 373 g/mol. The first-order valence-electron chi connectivity index (χ1n) is 8.73. The van der Waals surface area contributed by atoms with Gasteiger partial charge in [0.1, 0.15) is 17.8 Å². The lowest BCUT2D eigenvalue weighted by atomic mass is 10.0. The van der Waals surface area contributed by atoms with Gasteiger partial charge in [-0.2, -0.15) is 0 Å². The highest BCUT2D eigenvalue weighted by molar-refractivity contribution is 6.03. The van der Waals surface area contributed by atoms with Crippen molar-refractivity contribution < 1.29 is 13.7 Å². The van der Waals surface area contributed by atoms with E-state index in [2.05, 4.69) is 15.1 Å². The van der Waals surface area contributed by atoms with Gasteiger partial charge in [0.15, 0.2) is 0 Å². The molecule has 0 spiro atoms. The van der Waals surface area contributed by atoms with Crippen molar-refractivity contribution in [2.45, 2.75) is 6.92 Å². The molecule has 29 heavy (non-hydrogen) atoms. The Morgan fingerprint density at radius 2 is 1.93 bits per heavy atom. The second kappa shape index (κ2) is 7.51. The van der Waals surface area contributed by atoms with Gasteiger partial charge < -0.3 is 10.3 Å². The van der Waals surface area contributed by atoms with Gasteiger partial charge in [-0.1, -0.05) is 11.2 Å². The number of nitrogens with two attached hydrogens (primary N) is 1. The minimum absolute atomic E-state index is 0.182. The molecule has 2 aromatic carbocycles. The third-order valence-corrected chi connectivity index (χ3v) is 4.28. The molecule has 8 heteroatoms. The summed E-state index contributed by atoms with van der Waals surface area (Å²) in [5.41, 5.74) is 8.94. The fourth-order valence-electron chi connectivity index (χ4n) is 3.01. The number of aromatic nitrogens is 3. The molecule has 144 valence electrons. The van der Waals surface area contributed by atoms with E-state index in [0.29, 0.717) is 33.9 Å². The van der Waals surface area contributed by atoms with Gasteiger partial charge in [0.25, 0.3) is 0 Å². The zero-order valence-electron chi connectivity index (χ0n) is 15.4. The van der Waals surface area contributed by atoms with E-state index in [0.717, 1.165) is 0 Å². The Morgan fingerprint density at radius 3 is 2.59 bits per heavy atom. The van der Waals surface area contributed by atoms with Crippen molar-refractivity contribution in [1.82, 2.24) is 15.1 Å². The van der Waals surface area contributed by atoms with Gasteiger partial charge in [-0.3, -0.25) is 4.79 Å². The molecule has 0 aliphatic rings. The Morgan fingerprint density at radius 1 is 1.14 bits per heavy atom. The molecule has 2 heterocycles. The molecule has 4 aromatic rings. The molecule has 0 unspecified atom stereocenters. The average molecular weight is 389 g/mol. The fraction of sp³-hybridized carbons (Fsp3) is 0.0476. The normalized spacial score (nSPS) is 10.7. The molecule has 0 aliphatic carbocycles. The highest BCUT2D eigenvalue weighted by Gasteiger charge is 2.28. The van der Waals surface area contributed by atoms with Crippen LogP contribution < -0.4 is 10.6 Å². The van der Waals surface area contributed by atoms with Crippen LogP contribution in [0.1, 0.15) is 6.92 Å². The van der Waals surface area contributed by atoms with E-state index in [1.807, 2.05) is 0 Å². The summed E-state index contributed by atoms with van der Waals surface area (Å²) in [5, 5.41) is 4.16.